The summed E-state index contributed by atoms with van der Waals surface area (Å²) < 4.78 is 0. The Morgan fingerprint density at radius 3 is 2.85 bits per heavy atom. The van der Waals surface area contributed by atoms with Crippen LogP contribution in [0, 0.1) is 0 Å². The summed E-state index contributed by atoms with van der Waals surface area (Å²) in [6, 6.07) is 5.43. The second-order valence-corrected chi connectivity index (χ2v) is 7.03. The van der Waals surface area contributed by atoms with Gasteiger partial charge >= 0.3 is 0 Å². The molecule has 3 rings (SSSR count). The van der Waals surface area contributed by atoms with Gasteiger partial charge in [0.1, 0.15) is 0 Å². The van der Waals surface area contributed by atoms with Crippen molar-refractivity contribution in [3.63, 3.8) is 0 Å². The van der Waals surface area contributed by atoms with Crippen molar-refractivity contribution in [2.75, 3.05) is 19.6 Å². The van der Waals surface area contributed by atoms with E-state index in [2.05, 4.69) is 27.3 Å². The molecule has 0 spiro atoms. The van der Waals surface area contributed by atoms with Crippen LogP contribution >= 0.6 is 11.3 Å². The first kappa shape index (κ1) is 14.1. The van der Waals surface area contributed by atoms with E-state index in [1.54, 1.807) is 6.92 Å². The standard InChI is InChI=1S/C16H24N2OS/c1-13(19)18-10-3-7-16(18)15-6-2-9-17(15)11-8-14-5-4-12-20-14/h4-5,12,15-16H,2-3,6-11H2,1H3/t15-,16-/m1/s1. The van der Waals surface area contributed by atoms with Crippen LogP contribution in [0.25, 0.3) is 0 Å². The zero-order chi connectivity index (χ0) is 13.9. The van der Waals surface area contributed by atoms with Gasteiger partial charge in [-0.15, -0.1) is 11.3 Å². The monoisotopic (exact) mass is 292 g/mol. The van der Waals surface area contributed by atoms with Gasteiger partial charge in [0, 0.05) is 37.0 Å². The third-order valence-electron chi connectivity index (χ3n) is 4.79. The van der Waals surface area contributed by atoms with Crippen molar-refractivity contribution in [3.05, 3.63) is 22.4 Å². The number of amides is 1. The van der Waals surface area contributed by atoms with Crippen LogP contribution < -0.4 is 0 Å². The van der Waals surface area contributed by atoms with Crippen molar-refractivity contribution in [1.82, 2.24) is 9.80 Å². The normalized spacial score (nSPS) is 27.4. The van der Waals surface area contributed by atoms with Gasteiger partial charge in [0.25, 0.3) is 0 Å². The van der Waals surface area contributed by atoms with Crippen molar-refractivity contribution in [2.24, 2.45) is 0 Å². The van der Waals surface area contributed by atoms with Gasteiger partial charge in [-0.05, 0) is 50.1 Å². The van der Waals surface area contributed by atoms with E-state index in [4.69, 9.17) is 0 Å². The Hall–Kier alpha value is -0.870. The maximum atomic E-state index is 11.8. The number of likely N-dealkylation sites (tertiary alicyclic amines) is 2. The number of hydrogen-bond acceptors (Lipinski definition) is 3. The molecule has 0 saturated carbocycles. The van der Waals surface area contributed by atoms with Crippen LogP contribution in [0.1, 0.15) is 37.5 Å². The topological polar surface area (TPSA) is 23.6 Å². The van der Waals surface area contributed by atoms with Gasteiger partial charge in [0.15, 0.2) is 0 Å². The molecule has 0 bridgehead atoms. The lowest BCUT2D eigenvalue weighted by atomic mass is 10.0. The molecule has 0 unspecified atom stereocenters. The highest BCUT2D eigenvalue weighted by molar-refractivity contribution is 7.09. The molecular formula is C16H24N2OS. The van der Waals surface area contributed by atoms with Crippen LogP contribution in [-0.2, 0) is 11.2 Å². The maximum Gasteiger partial charge on any atom is 0.219 e. The van der Waals surface area contributed by atoms with E-state index in [1.807, 2.05) is 11.3 Å². The molecule has 1 aromatic heterocycles. The Morgan fingerprint density at radius 2 is 2.10 bits per heavy atom. The van der Waals surface area contributed by atoms with E-state index >= 15 is 0 Å². The molecule has 20 heavy (non-hydrogen) atoms. The molecule has 1 amide bonds. The summed E-state index contributed by atoms with van der Waals surface area (Å²) in [6.45, 7) is 5.05. The first-order valence-electron chi connectivity index (χ1n) is 7.79. The lowest BCUT2D eigenvalue weighted by molar-refractivity contribution is -0.130. The fourth-order valence-electron chi connectivity index (χ4n) is 3.86. The number of nitrogens with zero attached hydrogens (tertiary/aromatic N) is 2. The van der Waals surface area contributed by atoms with E-state index < -0.39 is 0 Å². The Kier molecular flexibility index (Phi) is 4.41. The number of carbonyl (C=O) groups is 1. The smallest absolute Gasteiger partial charge is 0.219 e. The van der Waals surface area contributed by atoms with Crippen molar-refractivity contribution in [2.45, 2.75) is 51.1 Å². The summed E-state index contributed by atoms with van der Waals surface area (Å²) in [5.74, 6) is 0.262. The highest BCUT2D eigenvalue weighted by Gasteiger charge is 2.38. The molecule has 0 aromatic carbocycles. The van der Waals surface area contributed by atoms with Gasteiger partial charge in [-0.1, -0.05) is 6.07 Å². The van der Waals surface area contributed by atoms with Gasteiger partial charge in [0.05, 0.1) is 0 Å². The molecular weight excluding hydrogens is 268 g/mol. The highest BCUT2D eigenvalue weighted by Crippen LogP contribution is 2.30. The summed E-state index contributed by atoms with van der Waals surface area (Å²) >= 11 is 1.85. The molecule has 3 heterocycles. The molecule has 2 saturated heterocycles. The SMILES string of the molecule is CC(=O)N1CCC[C@@H]1[C@H]1CCCN1CCc1cccs1. The minimum Gasteiger partial charge on any atom is -0.338 e. The third kappa shape index (κ3) is 2.91. The molecule has 1 aromatic rings. The highest BCUT2D eigenvalue weighted by atomic mass is 32.1. The molecule has 0 N–H and O–H groups in total. The van der Waals surface area contributed by atoms with Crippen molar-refractivity contribution >= 4 is 17.2 Å². The third-order valence-corrected chi connectivity index (χ3v) is 5.72. The average Bonchev–Trinajstić information content (AvgIpc) is 3.16. The Balaban J connectivity index is 1.61. The van der Waals surface area contributed by atoms with Crippen LogP contribution in [0.15, 0.2) is 17.5 Å². The first-order chi connectivity index (χ1) is 9.75. The van der Waals surface area contributed by atoms with Gasteiger partial charge in [-0.2, -0.15) is 0 Å². The molecule has 2 fully saturated rings. The Bertz CT molecular complexity index is 445. The fraction of sp³-hybridized carbons (Fsp3) is 0.688. The van der Waals surface area contributed by atoms with E-state index in [9.17, 15) is 4.79 Å². The molecule has 4 heteroatoms. The quantitative estimate of drug-likeness (QED) is 0.852. The first-order valence-corrected chi connectivity index (χ1v) is 8.67. The summed E-state index contributed by atoms with van der Waals surface area (Å²) in [4.78, 5) is 18.0. The molecule has 0 radical (unpaired) electrons. The van der Waals surface area contributed by atoms with Crippen LogP contribution in [0.2, 0.25) is 0 Å². The van der Waals surface area contributed by atoms with E-state index in [-0.39, 0.29) is 5.91 Å². The zero-order valence-electron chi connectivity index (χ0n) is 12.3. The van der Waals surface area contributed by atoms with E-state index in [0.29, 0.717) is 12.1 Å². The Labute approximate surface area is 125 Å². The predicted molar refractivity (Wildman–Crippen MR) is 83.0 cm³/mol. The second kappa shape index (κ2) is 6.27. The number of thiophene rings is 1. The summed E-state index contributed by atoms with van der Waals surface area (Å²) in [5.41, 5.74) is 0. The number of hydrogen-bond donors (Lipinski definition) is 0. The lowest BCUT2D eigenvalue weighted by Crippen LogP contribution is -2.48. The van der Waals surface area contributed by atoms with E-state index in [1.165, 1.54) is 37.1 Å². The lowest BCUT2D eigenvalue weighted by Gasteiger charge is -2.34. The number of carbonyl (C=O) groups excluding carboxylic acids is 1. The largest absolute Gasteiger partial charge is 0.338 e. The average molecular weight is 292 g/mol. The molecule has 2 aliphatic rings. The zero-order valence-corrected chi connectivity index (χ0v) is 13.1. The van der Waals surface area contributed by atoms with Crippen molar-refractivity contribution in [3.8, 4) is 0 Å². The van der Waals surface area contributed by atoms with Crippen LogP contribution in [0.5, 0.6) is 0 Å². The van der Waals surface area contributed by atoms with Crippen molar-refractivity contribution < 1.29 is 4.79 Å². The number of rotatable bonds is 4. The van der Waals surface area contributed by atoms with Crippen LogP contribution in [0.4, 0.5) is 0 Å². The van der Waals surface area contributed by atoms with Gasteiger partial charge in [-0.3, -0.25) is 9.69 Å². The Morgan fingerprint density at radius 1 is 1.30 bits per heavy atom. The maximum absolute atomic E-state index is 11.8. The summed E-state index contributed by atoms with van der Waals surface area (Å²) in [5, 5.41) is 2.16. The second-order valence-electron chi connectivity index (χ2n) is 6.00. The predicted octanol–water partition coefficient (Wildman–Crippen LogP) is 2.77. The summed E-state index contributed by atoms with van der Waals surface area (Å²) in [7, 11) is 0. The van der Waals surface area contributed by atoms with E-state index in [0.717, 1.165) is 19.5 Å². The minimum absolute atomic E-state index is 0.262. The van der Waals surface area contributed by atoms with Crippen molar-refractivity contribution in [1.29, 1.82) is 0 Å². The minimum atomic E-state index is 0.262. The van der Waals surface area contributed by atoms with Gasteiger partial charge < -0.3 is 4.90 Å². The molecule has 110 valence electrons. The fourth-order valence-corrected chi connectivity index (χ4v) is 4.56. The van der Waals surface area contributed by atoms with Gasteiger partial charge in [0.2, 0.25) is 5.91 Å². The van der Waals surface area contributed by atoms with Crippen LogP contribution in [0.3, 0.4) is 0 Å². The molecule has 2 atom stereocenters. The summed E-state index contributed by atoms with van der Waals surface area (Å²) in [6.07, 6.45) is 6.08. The van der Waals surface area contributed by atoms with Gasteiger partial charge in [-0.25, -0.2) is 0 Å². The van der Waals surface area contributed by atoms with Crippen LogP contribution in [-0.4, -0.2) is 47.4 Å². The molecule has 0 aliphatic carbocycles. The molecule has 2 aliphatic heterocycles. The molecule has 3 nitrogen and oxygen atoms in total.